The van der Waals surface area contributed by atoms with Crippen LogP contribution < -0.4 is 0 Å². The summed E-state index contributed by atoms with van der Waals surface area (Å²) in [6.07, 6.45) is 2.06. The van der Waals surface area contributed by atoms with Crippen LogP contribution in [0, 0.1) is 19.6 Å². The summed E-state index contributed by atoms with van der Waals surface area (Å²) >= 11 is 0. The second-order valence-corrected chi connectivity index (χ2v) is 4.90. The SMILES string of the molecule is [2H]C([2H])([2H])c1ccc(-c2cc(CC(C)C)c(C([2H])([2H])[2H])cn2)cc1. The molecule has 0 fully saturated rings. The average molecular weight is 245 g/mol. The molecule has 0 amide bonds. The van der Waals surface area contributed by atoms with Crippen LogP contribution in [0.25, 0.3) is 11.3 Å². The monoisotopic (exact) mass is 245 g/mol. The Hall–Kier alpha value is -1.63. The zero-order chi connectivity index (χ0) is 18.1. The molecule has 1 heterocycles. The van der Waals surface area contributed by atoms with Crippen molar-refractivity contribution in [2.75, 3.05) is 0 Å². The second-order valence-electron chi connectivity index (χ2n) is 4.90. The van der Waals surface area contributed by atoms with Gasteiger partial charge in [-0.25, -0.2) is 0 Å². The van der Waals surface area contributed by atoms with Gasteiger partial charge in [-0.2, -0.15) is 0 Å². The van der Waals surface area contributed by atoms with Crippen LogP contribution in [-0.4, -0.2) is 4.98 Å². The summed E-state index contributed by atoms with van der Waals surface area (Å²) in [6, 6.07) is 8.33. The third-order valence-electron chi connectivity index (χ3n) is 2.80. The number of hydrogen-bond donors (Lipinski definition) is 0. The molecule has 0 saturated carbocycles. The number of aromatic nitrogens is 1. The summed E-state index contributed by atoms with van der Waals surface area (Å²) in [4.78, 5) is 4.27. The van der Waals surface area contributed by atoms with Gasteiger partial charge in [-0.3, -0.25) is 4.98 Å². The van der Waals surface area contributed by atoms with Gasteiger partial charge in [-0.1, -0.05) is 43.7 Å². The van der Waals surface area contributed by atoms with E-state index in [1.165, 1.54) is 6.20 Å². The average Bonchev–Trinajstić information content (AvgIpc) is 2.44. The molecule has 0 radical (unpaired) electrons. The minimum absolute atomic E-state index is 0.271. The fourth-order valence-corrected chi connectivity index (χ4v) is 1.90. The Morgan fingerprint density at radius 3 is 2.56 bits per heavy atom. The van der Waals surface area contributed by atoms with Crippen molar-refractivity contribution in [1.29, 1.82) is 0 Å². The summed E-state index contributed by atoms with van der Waals surface area (Å²) in [7, 11) is 0. The van der Waals surface area contributed by atoms with Crippen molar-refractivity contribution in [3.63, 3.8) is 0 Å². The lowest BCUT2D eigenvalue weighted by molar-refractivity contribution is 0.644. The quantitative estimate of drug-likeness (QED) is 0.772. The zero-order valence-corrected chi connectivity index (χ0v) is 10.7. The molecular formula is C17H21N. The van der Waals surface area contributed by atoms with Crippen LogP contribution in [0.5, 0.6) is 0 Å². The maximum atomic E-state index is 7.66. The Labute approximate surface area is 118 Å². The minimum Gasteiger partial charge on any atom is -0.256 e. The molecule has 0 bridgehead atoms. The molecular weight excluding hydrogens is 218 g/mol. The molecule has 1 heteroatoms. The van der Waals surface area contributed by atoms with Crippen molar-refractivity contribution < 1.29 is 8.22 Å². The highest BCUT2D eigenvalue weighted by atomic mass is 14.7. The van der Waals surface area contributed by atoms with E-state index >= 15 is 0 Å². The van der Waals surface area contributed by atoms with Gasteiger partial charge in [-0.05, 0) is 43.2 Å². The van der Waals surface area contributed by atoms with E-state index in [9.17, 15) is 0 Å². The number of aryl methyl sites for hydroxylation is 2. The molecule has 0 atom stereocenters. The van der Waals surface area contributed by atoms with Gasteiger partial charge in [0.25, 0.3) is 0 Å². The molecule has 0 unspecified atom stereocenters. The predicted molar refractivity (Wildman–Crippen MR) is 77.7 cm³/mol. The van der Waals surface area contributed by atoms with Crippen LogP contribution in [0.4, 0.5) is 0 Å². The van der Waals surface area contributed by atoms with Crippen LogP contribution >= 0.6 is 0 Å². The van der Waals surface area contributed by atoms with E-state index in [-0.39, 0.29) is 11.1 Å². The number of nitrogens with zero attached hydrogens (tertiary/aromatic N) is 1. The first kappa shape index (κ1) is 7.08. The van der Waals surface area contributed by atoms with Crippen molar-refractivity contribution in [1.82, 2.24) is 4.98 Å². The first-order chi connectivity index (χ1) is 11.0. The Bertz CT molecular complexity index is 699. The van der Waals surface area contributed by atoms with Crippen LogP contribution in [0.15, 0.2) is 36.5 Å². The molecule has 1 aromatic carbocycles. The van der Waals surface area contributed by atoms with Gasteiger partial charge in [0, 0.05) is 20.0 Å². The summed E-state index contributed by atoms with van der Waals surface area (Å²) in [5, 5.41) is 0. The highest BCUT2D eigenvalue weighted by Gasteiger charge is 2.06. The van der Waals surface area contributed by atoms with Gasteiger partial charge in [0.1, 0.15) is 0 Å². The standard InChI is InChI=1S/C17H21N/c1-12(2)9-16-10-17(18-11-14(16)4)15-7-5-13(3)6-8-15/h5-8,10-12H,9H2,1-4H3/i3D3,4D3. The van der Waals surface area contributed by atoms with E-state index < -0.39 is 13.7 Å². The van der Waals surface area contributed by atoms with Gasteiger partial charge in [0.2, 0.25) is 0 Å². The van der Waals surface area contributed by atoms with Gasteiger partial charge >= 0.3 is 0 Å². The van der Waals surface area contributed by atoms with Crippen molar-refractivity contribution >= 4 is 0 Å². The molecule has 0 aliphatic heterocycles. The van der Waals surface area contributed by atoms with Crippen LogP contribution in [0.1, 0.15) is 38.8 Å². The lowest BCUT2D eigenvalue weighted by Crippen LogP contribution is -1.98. The second kappa shape index (κ2) is 5.34. The lowest BCUT2D eigenvalue weighted by Gasteiger charge is -2.10. The number of rotatable bonds is 3. The van der Waals surface area contributed by atoms with Gasteiger partial charge in [0.05, 0.1) is 5.69 Å². The molecule has 1 nitrogen and oxygen atoms in total. The molecule has 2 aromatic rings. The van der Waals surface area contributed by atoms with E-state index in [0.29, 0.717) is 18.0 Å². The van der Waals surface area contributed by atoms with E-state index in [1.807, 2.05) is 13.8 Å². The van der Waals surface area contributed by atoms with Crippen molar-refractivity contribution in [3.05, 3.63) is 53.2 Å². The van der Waals surface area contributed by atoms with E-state index in [2.05, 4.69) is 4.98 Å². The predicted octanol–water partition coefficient (Wildman–Crippen LogP) is 4.56. The van der Waals surface area contributed by atoms with Gasteiger partial charge in [0.15, 0.2) is 0 Å². The molecule has 0 saturated heterocycles. The van der Waals surface area contributed by atoms with Crippen molar-refractivity contribution in [3.8, 4) is 11.3 Å². The van der Waals surface area contributed by atoms with E-state index in [1.54, 1.807) is 30.3 Å². The topological polar surface area (TPSA) is 12.9 Å². The largest absolute Gasteiger partial charge is 0.256 e. The molecule has 94 valence electrons. The third kappa shape index (κ3) is 2.98. The number of pyridine rings is 1. The van der Waals surface area contributed by atoms with Gasteiger partial charge in [-0.15, -0.1) is 0 Å². The summed E-state index contributed by atoms with van der Waals surface area (Å²) in [5.41, 5.74) is 2.72. The van der Waals surface area contributed by atoms with Crippen molar-refractivity contribution in [2.24, 2.45) is 5.92 Å². The molecule has 1 aromatic heterocycles. The fraction of sp³-hybridized carbons (Fsp3) is 0.353. The summed E-state index contributed by atoms with van der Waals surface area (Å²) in [5.74, 6) is 0.319. The van der Waals surface area contributed by atoms with Gasteiger partial charge < -0.3 is 0 Å². The fourth-order valence-electron chi connectivity index (χ4n) is 1.90. The molecule has 18 heavy (non-hydrogen) atoms. The first-order valence-electron chi connectivity index (χ1n) is 9.09. The lowest BCUT2D eigenvalue weighted by atomic mass is 9.98. The normalized spacial score (nSPS) is 17.3. The molecule has 0 aliphatic rings. The molecule has 0 spiro atoms. The maximum Gasteiger partial charge on any atom is 0.0704 e. The Balaban J connectivity index is 2.44. The molecule has 2 rings (SSSR count). The van der Waals surface area contributed by atoms with Crippen LogP contribution in [0.3, 0.4) is 0 Å². The number of hydrogen-bond acceptors (Lipinski definition) is 1. The smallest absolute Gasteiger partial charge is 0.0704 e. The van der Waals surface area contributed by atoms with Crippen LogP contribution in [0.2, 0.25) is 0 Å². The zero-order valence-electron chi connectivity index (χ0n) is 16.7. The minimum atomic E-state index is -2.19. The maximum absolute atomic E-state index is 7.66. The van der Waals surface area contributed by atoms with E-state index in [0.717, 1.165) is 11.1 Å². The Kier molecular flexibility index (Phi) is 2.10. The number of benzene rings is 1. The third-order valence-corrected chi connectivity index (χ3v) is 2.80. The first-order valence-corrected chi connectivity index (χ1v) is 6.09. The summed E-state index contributed by atoms with van der Waals surface area (Å²) in [6.45, 7) is -0.260. The summed E-state index contributed by atoms with van der Waals surface area (Å²) < 4.78 is 45.2. The van der Waals surface area contributed by atoms with E-state index in [4.69, 9.17) is 8.22 Å². The molecule has 0 aliphatic carbocycles. The Morgan fingerprint density at radius 1 is 1.17 bits per heavy atom. The highest BCUT2D eigenvalue weighted by Crippen LogP contribution is 2.21. The highest BCUT2D eigenvalue weighted by molar-refractivity contribution is 5.60. The Morgan fingerprint density at radius 2 is 1.94 bits per heavy atom. The van der Waals surface area contributed by atoms with Crippen LogP contribution in [-0.2, 0) is 6.42 Å². The molecule has 0 N–H and O–H groups in total. The van der Waals surface area contributed by atoms with Crippen molar-refractivity contribution in [2.45, 2.75) is 34.0 Å².